The molecular weight excluding hydrogens is 386 g/mol. The van der Waals surface area contributed by atoms with E-state index >= 15 is 0 Å². The number of carbonyl (C=O) groups is 3. The van der Waals surface area contributed by atoms with Crippen LogP contribution in [-0.4, -0.2) is 28.9 Å². The molecule has 19 heavy (non-hydrogen) atoms. The number of benzene rings is 1. The van der Waals surface area contributed by atoms with Gasteiger partial charge in [0.15, 0.2) is 0 Å². The number of hydrogen-bond donors (Lipinski definition) is 3. The highest BCUT2D eigenvalue weighted by Crippen LogP contribution is 2.19. The predicted octanol–water partition coefficient (Wildman–Crippen LogP) is 1.00. The van der Waals surface area contributed by atoms with E-state index in [1.54, 1.807) is 6.07 Å². The van der Waals surface area contributed by atoms with Crippen LogP contribution < -0.4 is 11.1 Å². The smallest absolute Gasteiger partial charge is 0.326 e. The molecule has 0 radical (unpaired) electrons. The Balaban J connectivity index is 2.84. The standard InChI is InChI=1S/C11H10ClIN2O4/c12-6-3-5(1-2-7(6)13)10(17)15-8(11(18)19)4-9(14)16/h1-3,8H,4H2,(H2,14,16)(H,15,17)(H,18,19)/t8-/m1/s1. The van der Waals surface area contributed by atoms with Crippen molar-refractivity contribution in [1.29, 1.82) is 0 Å². The molecule has 0 saturated heterocycles. The molecule has 0 aliphatic rings. The topological polar surface area (TPSA) is 109 Å². The Labute approximate surface area is 127 Å². The lowest BCUT2D eigenvalue weighted by atomic mass is 10.1. The minimum atomic E-state index is -1.36. The number of carboxylic acid groups (broad SMARTS) is 1. The highest BCUT2D eigenvalue weighted by atomic mass is 127. The van der Waals surface area contributed by atoms with Crippen molar-refractivity contribution in [1.82, 2.24) is 5.32 Å². The molecule has 0 aliphatic carbocycles. The summed E-state index contributed by atoms with van der Waals surface area (Å²) in [6.07, 6.45) is -0.473. The van der Waals surface area contributed by atoms with E-state index in [0.29, 0.717) is 5.02 Å². The van der Waals surface area contributed by atoms with E-state index in [9.17, 15) is 14.4 Å². The fraction of sp³-hybridized carbons (Fsp3) is 0.182. The van der Waals surface area contributed by atoms with Crippen LogP contribution in [0.3, 0.4) is 0 Å². The molecule has 0 heterocycles. The minimum absolute atomic E-state index is 0.209. The maximum atomic E-state index is 11.8. The van der Waals surface area contributed by atoms with E-state index in [4.69, 9.17) is 22.4 Å². The van der Waals surface area contributed by atoms with Crippen molar-refractivity contribution >= 4 is 52.0 Å². The monoisotopic (exact) mass is 396 g/mol. The Kier molecular flexibility index (Phi) is 5.55. The van der Waals surface area contributed by atoms with Gasteiger partial charge in [0.2, 0.25) is 5.91 Å². The molecule has 2 amide bonds. The second kappa shape index (κ2) is 6.71. The van der Waals surface area contributed by atoms with Gasteiger partial charge in [-0.15, -0.1) is 0 Å². The molecule has 0 aromatic heterocycles. The van der Waals surface area contributed by atoms with Crippen molar-refractivity contribution in [2.45, 2.75) is 12.5 Å². The summed E-state index contributed by atoms with van der Waals surface area (Å²) in [7, 11) is 0. The van der Waals surface area contributed by atoms with E-state index < -0.39 is 30.2 Å². The van der Waals surface area contributed by atoms with Crippen molar-refractivity contribution < 1.29 is 19.5 Å². The molecule has 1 atom stereocenters. The van der Waals surface area contributed by atoms with Crippen LogP contribution in [0.4, 0.5) is 0 Å². The van der Waals surface area contributed by atoms with Crippen LogP contribution in [0.25, 0.3) is 0 Å². The van der Waals surface area contributed by atoms with Gasteiger partial charge in [-0.3, -0.25) is 9.59 Å². The fourth-order valence-electron chi connectivity index (χ4n) is 1.28. The Morgan fingerprint density at radius 2 is 2.05 bits per heavy atom. The summed E-state index contributed by atoms with van der Waals surface area (Å²) < 4.78 is 0.766. The first-order valence-electron chi connectivity index (χ1n) is 5.08. The highest BCUT2D eigenvalue weighted by molar-refractivity contribution is 14.1. The molecule has 1 rings (SSSR count). The first kappa shape index (κ1) is 15.7. The van der Waals surface area contributed by atoms with Gasteiger partial charge in [0.25, 0.3) is 5.91 Å². The summed E-state index contributed by atoms with van der Waals surface area (Å²) in [6.45, 7) is 0. The van der Waals surface area contributed by atoms with Gasteiger partial charge in [-0.2, -0.15) is 0 Å². The van der Waals surface area contributed by atoms with E-state index in [0.717, 1.165) is 3.57 Å². The molecule has 102 valence electrons. The van der Waals surface area contributed by atoms with Crippen molar-refractivity contribution in [2.75, 3.05) is 0 Å². The van der Waals surface area contributed by atoms with Crippen LogP contribution in [0.15, 0.2) is 18.2 Å². The third kappa shape index (κ3) is 4.67. The van der Waals surface area contributed by atoms with Crippen LogP contribution >= 0.6 is 34.2 Å². The van der Waals surface area contributed by atoms with Gasteiger partial charge in [0.1, 0.15) is 6.04 Å². The number of aliphatic carboxylic acids is 1. The third-order valence-electron chi connectivity index (χ3n) is 2.19. The molecule has 0 saturated carbocycles. The number of rotatable bonds is 5. The molecular formula is C11H10ClIN2O4. The van der Waals surface area contributed by atoms with E-state index in [1.165, 1.54) is 12.1 Å². The number of nitrogens with one attached hydrogen (secondary N) is 1. The number of nitrogens with two attached hydrogens (primary N) is 1. The highest BCUT2D eigenvalue weighted by Gasteiger charge is 2.22. The summed E-state index contributed by atoms with van der Waals surface area (Å²) in [5.74, 6) is -2.77. The van der Waals surface area contributed by atoms with Gasteiger partial charge in [0, 0.05) is 9.13 Å². The largest absolute Gasteiger partial charge is 0.480 e. The van der Waals surface area contributed by atoms with Crippen LogP contribution in [-0.2, 0) is 9.59 Å². The molecule has 4 N–H and O–H groups in total. The normalized spacial score (nSPS) is 11.7. The lowest BCUT2D eigenvalue weighted by molar-refractivity contribution is -0.140. The molecule has 0 unspecified atom stereocenters. The second-order valence-corrected chi connectivity index (χ2v) is 5.23. The summed E-state index contributed by atoms with van der Waals surface area (Å²) in [6, 6.07) is 3.19. The Morgan fingerprint density at radius 3 is 2.53 bits per heavy atom. The average molecular weight is 397 g/mol. The van der Waals surface area contributed by atoms with Gasteiger partial charge in [-0.1, -0.05) is 11.6 Å². The van der Waals surface area contributed by atoms with Gasteiger partial charge in [0.05, 0.1) is 11.4 Å². The zero-order chi connectivity index (χ0) is 14.6. The van der Waals surface area contributed by atoms with Crippen LogP contribution in [0.5, 0.6) is 0 Å². The van der Waals surface area contributed by atoms with Gasteiger partial charge in [-0.25, -0.2) is 4.79 Å². The molecule has 8 heteroatoms. The molecule has 0 spiro atoms. The zero-order valence-electron chi connectivity index (χ0n) is 9.52. The number of carbonyl (C=O) groups excluding carboxylic acids is 2. The summed E-state index contributed by atoms with van der Waals surface area (Å²) in [5, 5.41) is 11.5. The lowest BCUT2D eigenvalue weighted by Crippen LogP contribution is -2.43. The second-order valence-electron chi connectivity index (χ2n) is 3.66. The molecule has 1 aromatic carbocycles. The van der Waals surface area contributed by atoms with Crippen molar-refractivity contribution in [3.63, 3.8) is 0 Å². The van der Waals surface area contributed by atoms with Gasteiger partial charge < -0.3 is 16.2 Å². The molecule has 6 nitrogen and oxygen atoms in total. The quantitative estimate of drug-likeness (QED) is 0.645. The van der Waals surface area contributed by atoms with E-state index in [2.05, 4.69) is 5.32 Å². The fourth-order valence-corrected chi connectivity index (χ4v) is 1.80. The number of primary amides is 1. The Bertz CT molecular complexity index is 535. The SMILES string of the molecule is NC(=O)C[C@@H](NC(=O)c1ccc(I)c(Cl)c1)C(=O)O. The lowest BCUT2D eigenvalue weighted by Gasteiger charge is -2.13. The number of carboxylic acids is 1. The van der Waals surface area contributed by atoms with E-state index in [-0.39, 0.29) is 5.56 Å². The maximum absolute atomic E-state index is 11.8. The number of halogens is 2. The van der Waals surface area contributed by atoms with Crippen molar-refractivity contribution in [3.8, 4) is 0 Å². The Morgan fingerprint density at radius 1 is 1.42 bits per heavy atom. The number of amides is 2. The van der Waals surface area contributed by atoms with Crippen molar-refractivity contribution in [3.05, 3.63) is 32.4 Å². The van der Waals surface area contributed by atoms with Crippen LogP contribution in [0, 0.1) is 3.57 Å². The first-order chi connectivity index (χ1) is 8.81. The average Bonchev–Trinajstić information content (AvgIpc) is 2.31. The maximum Gasteiger partial charge on any atom is 0.326 e. The van der Waals surface area contributed by atoms with Gasteiger partial charge >= 0.3 is 5.97 Å². The molecule has 1 aromatic rings. The molecule has 0 aliphatic heterocycles. The number of hydrogen-bond acceptors (Lipinski definition) is 3. The third-order valence-corrected chi connectivity index (χ3v) is 3.76. The minimum Gasteiger partial charge on any atom is -0.480 e. The first-order valence-corrected chi connectivity index (χ1v) is 6.54. The van der Waals surface area contributed by atoms with Crippen molar-refractivity contribution in [2.24, 2.45) is 5.73 Å². The van der Waals surface area contributed by atoms with Crippen LogP contribution in [0.1, 0.15) is 16.8 Å². The summed E-state index contributed by atoms with van der Waals surface area (Å²) in [4.78, 5) is 33.4. The summed E-state index contributed by atoms with van der Waals surface area (Å²) in [5.41, 5.74) is 5.12. The zero-order valence-corrected chi connectivity index (χ0v) is 12.4. The molecule has 0 fully saturated rings. The molecule has 0 bridgehead atoms. The summed E-state index contributed by atoms with van der Waals surface area (Å²) >= 11 is 7.86. The Hall–Kier alpha value is -1.35. The van der Waals surface area contributed by atoms with Crippen LogP contribution in [0.2, 0.25) is 5.02 Å². The van der Waals surface area contributed by atoms with Gasteiger partial charge in [-0.05, 0) is 40.8 Å². The van der Waals surface area contributed by atoms with E-state index in [1.807, 2.05) is 22.6 Å². The predicted molar refractivity (Wildman–Crippen MR) is 76.9 cm³/mol.